The minimum absolute atomic E-state index is 0.0165. The van der Waals surface area contributed by atoms with E-state index in [0.29, 0.717) is 17.3 Å². The van der Waals surface area contributed by atoms with Crippen molar-refractivity contribution < 1.29 is 19.0 Å². The number of fused-ring (bicyclic) bond motifs is 3. The number of carbonyl (C=O) groups is 1. The number of halogens is 1. The van der Waals surface area contributed by atoms with Gasteiger partial charge in [-0.05, 0) is 13.0 Å². The van der Waals surface area contributed by atoms with Gasteiger partial charge in [0.2, 0.25) is 5.91 Å². The Balaban J connectivity index is 1.90. The fraction of sp³-hybridized carbons (Fsp3) is 0.562. The second-order valence-electron chi connectivity index (χ2n) is 5.83. The van der Waals surface area contributed by atoms with Crippen LogP contribution < -0.4 is 9.47 Å². The molecule has 1 amide bonds. The highest BCUT2D eigenvalue weighted by Gasteiger charge is 2.44. The Bertz CT molecular complexity index is 592. The number of hydrogen-bond acceptors (Lipinski definition) is 4. The first-order valence-corrected chi connectivity index (χ1v) is 7.76. The van der Waals surface area contributed by atoms with Crippen molar-refractivity contribution in [2.45, 2.75) is 31.4 Å². The second-order valence-corrected chi connectivity index (χ2v) is 6.23. The normalized spacial score (nSPS) is 26.2. The summed E-state index contributed by atoms with van der Waals surface area (Å²) in [7, 11) is 3.13. The van der Waals surface area contributed by atoms with E-state index in [1.54, 1.807) is 7.11 Å². The molecule has 3 atom stereocenters. The van der Waals surface area contributed by atoms with E-state index in [1.807, 2.05) is 24.0 Å². The SMILES string of the molecule is COCC(=O)N1CC2c3ccc(Cl)c(OC)c3OC2C[C@H]1C. The highest BCUT2D eigenvalue weighted by atomic mass is 35.5. The average molecular weight is 326 g/mol. The van der Waals surface area contributed by atoms with Gasteiger partial charge in [-0.15, -0.1) is 0 Å². The number of benzene rings is 1. The predicted molar refractivity (Wildman–Crippen MR) is 82.8 cm³/mol. The lowest BCUT2D eigenvalue weighted by Crippen LogP contribution is -2.50. The van der Waals surface area contributed by atoms with Crippen LogP contribution in [-0.4, -0.2) is 50.3 Å². The summed E-state index contributed by atoms with van der Waals surface area (Å²) in [4.78, 5) is 14.1. The molecule has 6 heteroatoms. The third-order valence-electron chi connectivity index (χ3n) is 4.50. The summed E-state index contributed by atoms with van der Waals surface area (Å²) in [6.45, 7) is 2.78. The van der Waals surface area contributed by atoms with E-state index < -0.39 is 0 Å². The number of piperidine rings is 1. The van der Waals surface area contributed by atoms with Gasteiger partial charge in [0.25, 0.3) is 0 Å². The molecule has 1 fully saturated rings. The summed E-state index contributed by atoms with van der Waals surface area (Å²) in [5.74, 6) is 1.47. The summed E-state index contributed by atoms with van der Waals surface area (Å²) in [5.41, 5.74) is 1.06. The molecular weight excluding hydrogens is 306 g/mol. The second kappa shape index (κ2) is 5.97. The van der Waals surface area contributed by atoms with Crippen LogP contribution in [0.25, 0.3) is 0 Å². The number of carbonyl (C=O) groups excluding carboxylic acids is 1. The van der Waals surface area contributed by atoms with Gasteiger partial charge in [0.15, 0.2) is 11.5 Å². The van der Waals surface area contributed by atoms with Gasteiger partial charge in [-0.2, -0.15) is 0 Å². The van der Waals surface area contributed by atoms with Crippen LogP contribution in [0.15, 0.2) is 12.1 Å². The van der Waals surface area contributed by atoms with Crippen molar-refractivity contribution in [3.05, 3.63) is 22.7 Å². The Morgan fingerprint density at radius 3 is 2.91 bits per heavy atom. The van der Waals surface area contributed by atoms with Crippen molar-refractivity contribution in [1.29, 1.82) is 0 Å². The molecule has 1 saturated heterocycles. The number of nitrogens with zero attached hydrogens (tertiary/aromatic N) is 1. The van der Waals surface area contributed by atoms with E-state index in [4.69, 9.17) is 25.8 Å². The highest BCUT2D eigenvalue weighted by Crippen LogP contribution is 2.50. The van der Waals surface area contributed by atoms with Crippen LogP contribution in [0, 0.1) is 0 Å². The molecule has 1 aromatic rings. The van der Waals surface area contributed by atoms with Gasteiger partial charge in [-0.1, -0.05) is 17.7 Å². The first-order chi connectivity index (χ1) is 10.6. The lowest BCUT2D eigenvalue weighted by atomic mass is 9.86. The van der Waals surface area contributed by atoms with E-state index in [1.165, 1.54) is 7.11 Å². The molecule has 2 aliphatic heterocycles. The monoisotopic (exact) mass is 325 g/mol. The van der Waals surface area contributed by atoms with Crippen molar-refractivity contribution in [2.75, 3.05) is 27.4 Å². The first kappa shape index (κ1) is 15.4. The van der Waals surface area contributed by atoms with E-state index in [-0.39, 0.29) is 30.6 Å². The fourth-order valence-corrected chi connectivity index (χ4v) is 3.65. The molecule has 3 rings (SSSR count). The molecule has 120 valence electrons. The van der Waals surface area contributed by atoms with E-state index in [0.717, 1.165) is 17.7 Å². The van der Waals surface area contributed by atoms with Gasteiger partial charge in [-0.3, -0.25) is 4.79 Å². The summed E-state index contributed by atoms with van der Waals surface area (Å²) in [5, 5.41) is 0.542. The van der Waals surface area contributed by atoms with Crippen LogP contribution in [0.5, 0.6) is 11.5 Å². The molecule has 0 spiro atoms. The van der Waals surface area contributed by atoms with Crippen molar-refractivity contribution in [3.8, 4) is 11.5 Å². The summed E-state index contributed by atoms with van der Waals surface area (Å²) < 4.78 is 16.4. The minimum Gasteiger partial charge on any atom is -0.491 e. The van der Waals surface area contributed by atoms with Gasteiger partial charge in [0, 0.05) is 37.6 Å². The van der Waals surface area contributed by atoms with Crippen molar-refractivity contribution in [2.24, 2.45) is 0 Å². The number of likely N-dealkylation sites (tertiary alicyclic amines) is 1. The highest BCUT2D eigenvalue weighted by molar-refractivity contribution is 6.32. The van der Waals surface area contributed by atoms with Crippen LogP contribution in [-0.2, 0) is 9.53 Å². The maximum absolute atomic E-state index is 12.2. The van der Waals surface area contributed by atoms with Gasteiger partial charge >= 0.3 is 0 Å². The smallest absolute Gasteiger partial charge is 0.248 e. The standard InChI is InChI=1S/C16H20ClNO4/c1-9-6-13-11(7-18(9)14(19)8-20-2)10-4-5-12(17)16(21-3)15(10)22-13/h4-5,9,11,13H,6-8H2,1-3H3/t9-,11?,13?/m1/s1. The van der Waals surface area contributed by atoms with Crippen molar-refractivity contribution >= 4 is 17.5 Å². The lowest BCUT2D eigenvalue weighted by Gasteiger charge is -2.39. The molecule has 0 bridgehead atoms. The third kappa shape index (κ3) is 2.42. The number of rotatable bonds is 3. The van der Waals surface area contributed by atoms with Crippen LogP contribution in [0.1, 0.15) is 24.8 Å². The molecule has 2 heterocycles. The number of methoxy groups -OCH3 is 2. The van der Waals surface area contributed by atoms with Crippen molar-refractivity contribution in [3.63, 3.8) is 0 Å². The van der Waals surface area contributed by atoms with Gasteiger partial charge in [0.1, 0.15) is 12.7 Å². The Kier molecular flexibility index (Phi) is 4.19. The summed E-state index contributed by atoms with van der Waals surface area (Å²) >= 11 is 6.17. The largest absolute Gasteiger partial charge is 0.491 e. The molecule has 0 aliphatic carbocycles. The maximum Gasteiger partial charge on any atom is 0.248 e. The predicted octanol–water partition coefficient (Wildman–Crippen LogP) is 2.46. The van der Waals surface area contributed by atoms with Crippen LogP contribution in [0.4, 0.5) is 0 Å². The molecule has 0 radical (unpaired) electrons. The van der Waals surface area contributed by atoms with Crippen LogP contribution in [0.2, 0.25) is 5.02 Å². The zero-order valence-corrected chi connectivity index (χ0v) is 13.7. The number of amides is 1. The average Bonchev–Trinajstić information content (AvgIpc) is 2.83. The Morgan fingerprint density at radius 2 is 2.23 bits per heavy atom. The molecule has 2 aliphatic rings. The van der Waals surface area contributed by atoms with Crippen molar-refractivity contribution in [1.82, 2.24) is 4.90 Å². The zero-order chi connectivity index (χ0) is 15.9. The summed E-state index contributed by atoms with van der Waals surface area (Å²) in [6.07, 6.45) is 0.846. The van der Waals surface area contributed by atoms with E-state index in [2.05, 4.69) is 0 Å². The molecule has 1 aromatic carbocycles. The van der Waals surface area contributed by atoms with Gasteiger partial charge < -0.3 is 19.1 Å². The molecule has 2 unspecified atom stereocenters. The maximum atomic E-state index is 12.2. The Labute approximate surface area is 135 Å². The molecule has 0 saturated carbocycles. The van der Waals surface area contributed by atoms with Gasteiger partial charge in [0.05, 0.1) is 12.1 Å². The molecular formula is C16H20ClNO4. The van der Waals surface area contributed by atoms with Crippen LogP contribution >= 0.6 is 11.6 Å². The molecule has 0 aromatic heterocycles. The van der Waals surface area contributed by atoms with Crippen LogP contribution in [0.3, 0.4) is 0 Å². The molecule has 0 N–H and O–H groups in total. The lowest BCUT2D eigenvalue weighted by molar-refractivity contribution is -0.140. The number of ether oxygens (including phenoxy) is 3. The van der Waals surface area contributed by atoms with E-state index in [9.17, 15) is 4.79 Å². The summed E-state index contributed by atoms with van der Waals surface area (Å²) in [6, 6.07) is 3.92. The Morgan fingerprint density at radius 1 is 1.45 bits per heavy atom. The molecule has 22 heavy (non-hydrogen) atoms. The quantitative estimate of drug-likeness (QED) is 0.856. The Hall–Kier alpha value is -1.46. The zero-order valence-electron chi connectivity index (χ0n) is 13.0. The number of hydrogen-bond donors (Lipinski definition) is 0. The minimum atomic E-state index is 0.0165. The fourth-order valence-electron chi connectivity index (χ4n) is 3.43. The first-order valence-electron chi connectivity index (χ1n) is 7.38. The van der Waals surface area contributed by atoms with E-state index >= 15 is 0 Å². The third-order valence-corrected chi connectivity index (χ3v) is 4.80. The van der Waals surface area contributed by atoms with Gasteiger partial charge in [-0.25, -0.2) is 0 Å². The topological polar surface area (TPSA) is 48.0 Å². The molecule has 5 nitrogen and oxygen atoms in total.